The highest BCUT2D eigenvalue weighted by Gasteiger charge is 2.14. The number of imidazole rings is 1. The lowest BCUT2D eigenvalue weighted by Crippen LogP contribution is -2.36. The van der Waals surface area contributed by atoms with Gasteiger partial charge in [-0.25, -0.2) is 9.37 Å². The van der Waals surface area contributed by atoms with Crippen molar-refractivity contribution in [3.8, 4) is 0 Å². The second-order valence-corrected chi connectivity index (χ2v) is 6.46. The average Bonchev–Trinajstić information content (AvgIpc) is 2.83. The fourth-order valence-corrected chi connectivity index (χ4v) is 2.43. The van der Waals surface area contributed by atoms with Crippen LogP contribution >= 0.6 is 0 Å². The molecule has 1 heterocycles. The first-order chi connectivity index (χ1) is 11.4. The Morgan fingerprint density at radius 3 is 2.83 bits per heavy atom. The van der Waals surface area contributed by atoms with E-state index in [2.05, 4.69) is 24.1 Å². The molecule has 0 aliphatic carbocycles. The number of halogens is 1. The molecule has 0 aliphatic rings. The van der Waals surface area contributed by atoms with E-state index in [4.69, 9.17) is 4.74 Å². The zero-order chi connectivity index (χ0) is 17.7. The molecule has 1 N–H and O–H groups in total. The molecule has 2 rings (SSSR count). The minimum Gasteiger partial charge on any atom is -0.369 e. The summed E-state index contributed by atoms with van der Waals surface area (Å²) in [5.74, 6) is 0.966. The van der Waals surface area contributed by atoms with Gasteiger partial charge in [-0.2, -0.15) is 0 Å². The molecule has 0 bridgehead atoms. The van der Waals surface area contributed by atoms with Crippen LogP contribution in [0.25, 0.3) is 11.0 Å². The van der Waals surface area contributed by atoms with Crippen molar-refractivity contribution in [3.05, 3.63) is 29.8 Å². The van der Waals surface area contributed by atoms with Gasteiger partial charge in [-0.05, 0) is 37.5 Å². The van der Waals surface area contributed by atoms with Gasteiger partial charge >= 0.3 is 0 Å². The average molecular weight is 335 g/mol. The van der Waals surface area contributed by atoms with Crippen molar-refractivity contribution < 1.29 is 13.9 Å². The van der Waals surface area contributed by atoms with Crippen LogP contribution in [0.1, 0.15) is 33.0 Å². The van der Waals surface area contributed by atoms with E-state index < -0.39 is 6.10 Å². The summed E-state index contributed by atoms with van der Waals surface area (Å²) in [6, 6.07) is 4.53. The second kappa shape index (κ2) is 8.24. The molecule has 0 spiro atoms. The Bertz CT molecular complexity index is 697. The molecule has 1 unspecified atom stereocenters. The Hall–Kier alpha value is -1.95. The number of carbonyl (C=O) groups is 1. The summed E-state index contributed by atoms with van der Waals surface area (Å²) in [6.07, 6.45) is 1.06. The summed E-state index contributed by atoms with van der Waals surface area (Å²) in [5, 5.41) is 2.86. The zero-order valence-corrected chi connectivity index (χ0v) is 14.8. The number of rotatable bonds is 8. The topological polar surface area (TPSA) is 56.1 Å². The largest absolute Gasteiger partial charge is 0.369 e. The molecule has 2 aromatic rings. The lowest BCUT2D eigenvalue weighted by molar-refractivity contribution is -0.131. The molecule has 1 amide bonds. The molecule has 1 aromatic heterocycles. The molecule has 24 heavy (non-hydrogen) atoms. The lowest BCUT2D eigenvalue weighted by atomic mass is 10.1. The SMILES string of the molecule is CC(C)CCOC(C)C(=O)NCCc1nc2ccc(F)cc2n1C. The van der Waals surface area contributed by atoms with Crippen molar-refractivity contribution in [2.45, 2.75) is 39.7 Å². The van der Waals surface area contributed by atoms with Crippen LogP contribution < -0.4 is 5.32 Å². The number of benzene rings is 1. The number of hydrogen-bond donors (Lipinski definition) is 1. The minimum absolute atomic E-state index is 0.122. The highest BCUT2D eigenvalue weighted by molar-refractivity contribution is 5.80. The molecular formula is C18H26FN3O2. The third-order valence-corrected chi connectivity index (χ3v) is 4.02. The number of nitrogens with zero attached hydrogens (tertiary/aromatic N) is 2. The Morgan fingerprint density at radius 1 is 1.38 bits per heavy atom. The number of nitrogens with one attached hydrogen (secondary N) is 1. The Balaban J connectivity index is 1.83. The van der Waals surface area contributed by atoms with Crippen molar-refractivity contribution in [1.29, 1.82) is 0 Å². The van der Waals surface area contributed by atoms with Gasteiger partial charge in [0, 0.05) is 26.6 Å². The molecule has 1 aromatic carbocycles. The molecule has 1 atom stereocenters. The number of hydrogen-bond acceptors (Lipinski definition) is 3. The third kappa shape index (κ3) is 4.77. The number of amides is 1. The summed E-state index contributed by atoms with van der Waals surface area (Å²) in [5.41, 5.74) is 1.51. The van der Waals surface area contributed by atoms with Gasteiger partial charge < -0.3 is 14.6 Å². The van der Waals surface area contributed by atoms with E-state index in [0.29, 0.717) is 25.5 Å². The number of aromatic nitrogens is 2. The molecule has 0 radical (unpaired) electrons. The van der Waals surface area contributed by atoms with Crippen LogP contribution in [0.3, 0.4) is 0 Å². The van der Waals surface area contributed by atoms with Gasteiger partial charge in [0.25, 0.3) is 0 Å². The Kier molecular flexibility index (Phi) is 6.31. The molecule has 0 saturated heterocycles. The van der Waals surface area contributed by atoms with Crippen LogP contribution in [0.2, 0.25) is 0 Å². The van der Waals surface area contributed by atoms with Crippen molar-refractivity contribution in [3.63, 3.8) is 0 Å². The number of ether oxygens (including phenoxy) is 1. The molecule has 6 heteroatoms. The van der Waals surface area contributed by atoms with E-state index in [0.717, 1.165) is 23.3 Å². The van der Waals surface area contributed by atoms with Gasteiger partial charge in [0.15, 0.2) is 0 Å². The monoisotopic (exact) mass is 335 g/mol. The highest BCUT2D eigenvalue weighted by Crippen LogP contribution is 2.16. The Labute approximate surface area is 142 Å². The number of fused-ring (bicyclic) bond motifs is 1. The number of carbonyl (C=O) groups excluding carboxylic acids is 1. The maximum Gasteiger partial charge on any atom is 0.248 e. The van der Waals surface area contributed by atoms with E-state index >= 15 is 0 Å². The van der Waals surface area contributed by atoms with Crippen LogP contribution in [-0.4, -0.2) is 34.7 Å². The highest BCUT2D eigenvalue weighted by atomic mass is 19.1. The van der Waals surface area contributed by atoms with E-state index in [1.807, 2.05) is 11.6 Å². The summed E-state index contributed by atoms with van der Waals surface area (Å²) < 4.78 is 20.7. The Morgan fingerprint density at radius 2 is 2.12 bits per heavy atom. The molecule has 0 saturated carbocycles. The summed E-state index contributed by atoms with van der Waals surface area (Å²) in [6.45, 7) is 7.06. The van der Waals surface area contributed by atoms with Crippen LogP contribution in [0, 0.1) is 11.7 Å². The molecule has 0 fully saturated rings. The number of aryl methyl sites for hydroxylation is 1. The predicted octanol–water partition coefficient (Wildman–Crippen LogP) is 2.82. The van der Waals surface area contributed by atoms with Crippen LogP contribution in [0.4, 0.5) is 4.39 Å². The maximum atomic E-state index is 13.3. The standard InChI is InChI=1S/C18H26FN3O2/c1-12(2)8-10-24-13(3)18(23)20-9-7-17-21-15-6-5-14(19)11-16(15)22(17)4/h5-6,11-13H,7-10H2,1-4H3,(H,20,23). The van der Waals surface area contributed by atoms with E-state index in [1.165, 1.54) is 12.1 Å². The first-order valence-electron chi connectivity index (χ1n) is 8.38. The minimum atomic E-state index is -0.460. The van der Waals surface area contributed by atoms with Crippen LogP contribution in [-0.2, 0) is 23.0 Å². The van der Waals surface area contributed by atoms with Gasteiger partial charge in [0.2, 0.25) is 5.91 Å². The van der Waals surface area contributed by atoms with E-state index in [-0.39, 0.29) is 11.7 Å². The van der Waals surface area contributed by atoms with Gasteiger partial charge in [0.1, 0.15) is 17.7 Å². The zero-order valence-electron chi connectivity index (χ0n) is 14.8. The van der Waals surface area contributed by atoms with Crippen molar-refractivity contribution in [2.24, 2.45) is 13.0 Å². The smallest absolute Gasteiger partial charge is 0.248 e. The first kappa shape index (κ1) is 18.4. The quantitative estimate of drug-likeness (QED) is 0.807. The van der Waals surface area contributed by atoms with Crippen LogP contribution in [0.15, 0.2) is 18.2 Å². The van der Waals surface area contributed by atoms with Crippen LogP contribution in [0.5, 0.6) is 0 Å². The lowest BCUT2D eigenvalue weighted by Gasteiger charge is -2.14. The van der Waals surface area contributed by atoms with E-state index in [1.54, 1.807) is 13.0 Å². The fraction of sp³-hybridized carbons (Fsp3) is 0.556. The van der Waals surface area contributed by atoms with E-state index in [9.17, 15) is 9.18 Å². The van der Waals surface area contributed by atoms with Gasteiger partial charge in [-0.3, -0.25) is 4.79 Å². The summed E-state index contributed by atoms with van der Waals surface area (Å²) in [4.78, 5) is 16.5. The maximum absolute atomic E-state index is 13.3. The summed E-state index contributed by atoms with van der Waals surface area (Å²) in [7, 11) is 1.85. The van der Waals surface area contributed by atoms with Crippen molar-refractivity contribution in [1.82, 2.24) is 14.9 Å². The van der Waals surface area contributed by atoms with Gasteiger partial charge in [0.05, 0.1) is 11.0 Å². The molecular weight excluding hydrogens is 309 g/mol. The fourth-order valence-electron chi connectivity index (χ4n) is 2.43. The van der Waals surface area contributed by atoms with Crippen molar-refractivity contribution in [2.75, 3.05) is 13.2 Å². The second-order valence-electron chi connectivity index (χ2n) is 6.46. The summed E-state index contributed by atoms with van der Waals surface area (Å²) >= 11 is 0. The van der Waals surface area contributed by atoms with Gasteiger partial charge in [-0.1, -0.05) is 13.8 Å². The van der Waals surface area contributed by atoms with Crippen molar-refractivity contribution >= 4 is 16.9 Å². The normalized spacial score (nSPS) is 12.8. The molecule has 132 valence electrons. The van der Waals surface area contributed by atoms with Gasteiger partial charge in [-0.15, -0.1) is 0 Å². The third-order valence-electron chi connectivity index (χ3n) is 4.02. The molecule has 5 nitrogen and oxygen atoms in total. The first-order valence-corrected chi connectivity index (χ1v) is 8.38. The predicted molar refractivity (Wildman–Crippen MR) is 92.3 cm³/mol. The molecule has 0 aliphatic heterocycles.